The first kappa shape index (κ1) is 15.6. The molecule has 0 N–H and O–H groups in total. The van der Waals surface area contributed by atoms with Crippen LogP contribution in [0.2, 0.25) is 0 Å². The zero-order chi connectivity index (χ0) is 17.2. The average molecular weight is 353 g/mol. The molecule has 0 amide bonds. The number of nitrogens with zero attached hydrogens (tertiary/aromatic N) is 5. The number of benzene rings is 1. The third kappa shape index (κ3) is 3.20. The fourth-order valence-electron chi connectivity index (χ4n) is 2.42. The average Bonchev–Trinajstić information content (AvgIpc) is 3.36. The number of thioether (sulfide) groups is 1. The van der Waals surface area contributed by atoms with Gasteiger partial charge in [0, 0.05) is 11.8 Å². The van der Waals surface area contributed by atoms with Gasteiger partial charge in [0.15, 0.2) is 5.76 Å². The third-order valence-corrected chi connectivity index (χ3v) is 4.66. The molecule has 0 aliphatic carbocycles. The van der Waals surface area contributed by atoms with Crippen LogP contribution in [0.25, 0.3) is 17.2 Å². The first-order chi connectivity index (χ1) is 12.2. The molecule has 1 aromatic carbocycles. The standard InChI is InChI=1S/C17H15N5O2S/c1-11-5-6-12(2)14(8-11)22-17(18-20-21-22)25-10-13-9-16(24-19-13)15-4-3-7-23-15/h3-9H,10H2,1-2H3. The molecule has 3 aromatic heterocycles. The lowest BCUT2D eigenvalue weighted by molar-refractivity contribution is 0.413. The maximum absolute atomic E-state index is 5.31. The summed E-state index contributed by atoms with van der Waals surface area (Å²) < 4.78 is 12.4. The molecule has 3 heterocycles. The van der Waals surface area contributed by atoms with Crippen LogP contribution >= 0.6 is 11.8 Å². The van der Waals surface area contributed by atoms with Crippen LogP contribution in [0.5, 0.6) is 0 Å². The molecule has 7 nitrogen and oxygen atoms in total. The number of furan rings is 1. The molecule has 8 heteroatoms. The number of aromatic nitrogens is 5. The summed E-state index contributed by atoms with van der Waals surface area (Å²) in [6.07, 6.45) is 1.60. The van der Waals surface area contributed by atoms with Crippen molar-refractivity contribution in [3.8, 4) is 17.2 Å². The number of aryl methyl sites for hydroxylation is 2. The van der Waals surface area contributed by atoms with Gasteiger partial charge in [-0.2, -0.15) is 4.68 Å². The maximum atomic E-state index is 5.31. The molecule has 126 valence electrons. The van der Waals surface area contributed by atoms with Crippen LogP contribution in [-0.4, -0.2) is 25.4 Å². The van der Waals surface area contributed by atoms with Crippen molar-refractivity contribution >= 4 is 11.8 Å². The lowest BCUT2D eigenvalue weighted by atomic mass is 10.1. The van der Waals surface area contributed by atoms with Gasteiger partial charge in [0.2, 0.25) is 10.9 Å². The molecule has 0 aliphatic heterocycles. The number of tetrazole rings is 1. The molecule has 0 spiro atoms. The molecule has 0 bridgehead atoms. The fourth-order valence-corrected chi connectivity index (χ4v) is 3.19. The highest BCUT2D eigenvalue weighted by atomic mass is 32.2. The quantitative estimate of drug-likeness (QED) is 0.504. The first-order valence-corrected chi connectivity index (χ1v) is 8.67. The second-order valence-electron chi connectivity index (χ2n) is 5.61. The Labute approximate surface area is 148 Å². The topological polar surface area (TPSA) is 82.8 Å². The molecule has 0 atom stereocenters. The Balaban J connectivity index is 1.53. The summed E-state index contributed by atoms with van der Waals surface area (Å²) in [5.41, 5.74) is 4.05. The van der Waals surface area contributed by atoms with Crippen molar-refractivity contribution in [3.05, 3.63) is 59.5 Å². The van der Waals surface area contributed by atoms with Gasteiger partial charge in [-0.05, 0) is 53.6 Å². The van der Waals surface area contributed by atoms with Crippen molar-refractivity contribution in [1.29, 1.82) is 0 Å². The molecule has 25 heavy (non-hydrogen) atoms. The van der Waals surface area contributed by atoms with Crippen LogP contribution in [0.3, 0.4) is 0 Å². The number of hydrogen-bond donors (Lipinski definition) is 0. The van der Waals surface area contributed by atoms with E-state index in [0.29, 0.717) is 22.4 Å². The number of rotatable bonds is 5. The van der Waals surface area contributed by atoms with Gasteiger partial charge in [0.25, 0.3) is 0 Å². The minimum Gasteiger partial charge on any atom is -0.461 e. The van der Waals surface area contributed by atoms with E-state index < -0.39 is 0 Å². The minimum atomic E-state index is 0.593. The highest BCUT2D eigenvalue weighted by Crippen LogP contribution is 2.26. The third-order valence-electron chi connectivity index (χ3n) is 3.71. The predicted molar refractivity (Wildman–Crippen MR) is 92.4 cm³/mol. The molecule has 0 aliphatic rings. The van der Waals surface area contributed by atoms with Gasteiger partial charge in [-0.1, -0.05) is 29.1 Å². The molecular formula is C17H15N5O2S. The van der Waals surface area contributed by atoms with Crippen molar-refractivity contribution < 1.29 is 8.94 Å². The summed E-state index contributed by atoms with van der Waals surface area (Å²) >= 11 is 1.50. The van der Waals surface area contributed by atoms with Crippen molar-refractivity contribution in [1.82, 2.24) is 25.4 Å². The summed E-state index contributed by atoms with van der Waals surface area (Å²) in [4.78, 5) is 0. The van der Waals surface area contributed by atoms with Gasteiger partial charge in [-0.3, -0.25) is 0 Å². The van der Waals surface area contributed by atoms with Gasteiger partial charge in [0.05, 0.1) is 17.6 Å². The van der Waals surface area contributed by atoms with Crippen molar-refractivity contribution in [2.24, 2.45) is 0 Å². The summed E-state index contributed by atoms with van der Waals surface area (Å²) in [6, 6.07) is 11.7. The van der Waals surface area contributed by atoms with E-state index in [1.165, 1.54) is 11.8 Å². The highest BCUT2D eigenvalue weighted by molar-refractivity contribution is 7.98. The van der Waals surface area contributed by atoms with Crippen molar-refractivity contribution in [2.75, 3.05) is 0 Å². The lowest BCUT2D eigenvalue weighted by Crippen LogP contribution is -2.02. The smallest absolute Gasteiger partial charge is 0.214 e. The van der Waals surface area contributed by atoms with E-state index >= 15 is 0 Å². The second kappa shape index (κ2) is 6.56. The van der Waals surface area contributed by atoms with E-state index in [0.717, 1.165) is 22.5 Å². The van der Waals surface area contributed by atoms with E-state index in [2.05, 4.69) is 38.9 Å². The van der Waals surface area contributed by atoms with E-state index in [9.17, 15) is 0 Å². The van der Waals surface area contributed by atoms with Crippen LogP contribution in [0.1, 0.15) is 16.8 Å². The Morgan fingerprint density at radius 3 is 2.88 bits per heavy atom. The Morgan fingerprint density at radius 2 is 2.04 bits per heavy atom. The Morgan fingerprint density at radius 1 is 1.12 bits per heavy atom. The van der Waals surface area contributed by atoms with E-state index in [1.54, 1.807) is 10.9 Å². The van der Waals surface area contributed by atoms with E-state index in [4.69, 9.17) is 8.94 Å². The summed E-state index contributed by atoms with van der Waals surface area (Å²) in [7, 11) is 0. The van der Waals surface area contributed by atoms with Crippen LogP contribution in [0, 0.1) is 13.8 Å². The molecule has 0 unspecified atom stereocenters. The van der Waals surface area contributed by atoms with Gasteiger partial charge < -0.3 is 8.94 Å². The summed E-state index contributed by atoms with van der Waals surface area (Å²) in [5.74, 6) is 1.86. The van der Waals surface area contributed by atoms with Crippen molar-refractivity contribution in [2.45, 2.75) is 24.8 Å². The van der Waals surface area contributed by atoms with Crippen LogP contribution in [0.4, 0.5) is 0 Å². The second-order valence-corrected chi connectivity index (χ2v) is 6.55. The molecule has 0 radical (unpaired) electrons. The normalized spacial score (nSPS) is 11.1. The van der Waals surface area contributed by atoms with Crippen molar-refractivity contribution in [3.63, 3.8) is 0 Å². The maximum Gasteiger partial charge on any atom is 0.214 e. The van der Waals surface area contributed by atoms with Gasteiger partial charge in [-0.15, -0.1) is 5.10 Å². The monoisotopic (exact) mass is 353 g/mol. The zero-order valence-electron chi connectivity index (χ0n) is 13.7. The zero-order valence-corrected chi connectivity index (χ0v) is 14.5. The Hall–Kier alpha value is -2.87. The van der Waals surface area contributed by atoms with Gasteiger partial charge in [0.1, 0.15) is 0 Å². The van der Waals surface area contributed by atoms with Crippen LogP contribution in [0.15, 0.2) is 56.8 Å². The predicted octanol–water partition coefficient (Wildman–Crippen LogP) is 3.82. The summed E-state index contributed by atoms with van der Waals surface area (Å²) in [5, 5.41) is 16.8. The van der Waals surface area contributed by atoms with Crippen LogP contribution in [-0.2, 0) is 5.75 Å². The largest absolute Gasteiger partial charge is 0.461 e. The fraction of sp³-hybridized carbons (Fsp3) is 0.176. The molecule has 4 aromatic rings. The van der Waals surface area contributed by atoms with E-state index in [1.807, 2.05) is 32.0 Å². The minimum absolute atomic E-state index is 0.593. The van der Waals surface area contributed by atoms with Crippen LogP contribution < -0.4 is 0 Å². The van der Waals surface area contributed by atoms with Gasteiger partial charge in [-0.25, -0.2) is 0 Å². The molecule has 0 saturated carbocycles. The molecular weight excluding hydrogens is 338 g/mol. The first-order valence-electron chi connectivity index (χ1n) is 7.69. The Kier molecular flexibility index (Phi) is 4.10. The molecule has 0 fully saturated rings. The summed E-state index contributed by atoms with van der Waals surface area (Å²) in [6.45, 7) is 4.09. The van der Waals surface area contributed by atoms with Gasteiger partial charge >= 0.3 is 0 Å². The highest BCUT2D eigenvalue weighted by Gasteiger charge is 2.14. The number of hydrogen-bond acceptors (Lipinski definition) is 7. The SMILES string of the molecule is Cc1ccc(C)c(-n2nnnc2SCc2cc(-c3ccco3)on2)c1. The molecule has 0 saturated heterocycles. The van der Waals surface area contributed by atoms with E-state index in [-0.39, 0.29) is 0 Å². The Bertz CT molecular complexity index is 990. The molecule has 4 rings (SSSR count). The lowest BCUT2D eigenvalue weighted by Gasteiger charge is -2.08.